The van der Waals surface area contributed by atoms with Gasteiger partial charge in [-0.1, -0.05) is 12.1 Å². The first-order chi connectivity index (χ1) is 12.9. The summed E-state index contributed by atoms with van der Waals surface area (Å²) < 4.78 is 1.98. The first-order valence-corrected chi connectivity index (χ1v) is 9.79. The number of nitrogens with one attached hydrogen (secondary N) is 1. The number of amides is 2. The number of hydrogen-bond acceptors (Lipinski definition) is 3. The fraction of sp³-hybridized carbons (Fsp3) is 0.524. The number of phenolic OH excluding ortho intramolecular Hbond substituents is 1. The van der Waals surface area contributed by atoms with Crippen molar-refractivity contribution in [3.05, 3.63) is 46.8 Å². The summed E-state index contributed by atoms with van der Waals surface area (Å²) in [4.78, 5) is 14.6. The van der Waals surface area contributed by atoms with E-state index in [9.17, 15) is 9.90 Å². The maximum atomic E-state index is 12.7. The average molecular weight is 370 g/mol. The molecule has 2 N–H and O–H groups in total. The third-order valence-corrected chi connectivity index (χ3v) is 5.63. The Morgan fingerprint density at radius 3 is 2.63 bits per heavy atom. The van der Waals surface area contributed by atoms with Gasteiger partial charge in [0.25, 0.3) is 0 Å². The quantitative estimate of drug-likeness (QED) is 0.858. The van der Waals surface area contributed by atoms with E-state index in [-0.39, 0.29) is 12.1 Å². The second-order valence-corrected chi connectivity index (χ2v) is 7.43. The molecule has 0 unspecified atom stereocenters. The van der Waals surface area contributed by atoms with Gasteiger partial charge in [-0.15, -0.1) is 0 Å². The van der Waals surface area contributed by atoms with Gasteiger partial charge >= 0.3 is 6.03 Å². The molecule has 1 saturated heterocycles. The standard InChI is InChI=1S/C21H30N4O2/c1-5-25-16(4)20(15(3)23-25)14(2)22-21(27)24-11-9-17(10-12-24)18-7-6-8-19(26)13-18/h6-8,13-14,17,26H,5,9-12H2,1-4H3,(H,22,27)/t14-/m0/s1. The number of benzene rings is 1. The SMILES string of the molecule is CCn1nc(C)c([C@H](C)NC(=O)N2CCC(c3cccc(O)c3)CC2)c1C. The Balaban J connectivity index is 1.59. The molecule has 146 valence electrons. The number of aromatic hydroxyl groups is 1. The highest BCUT2D eigenvalue weighted by atomic mass is 16.3. The zero-order chi connectivity index (χ0) is 19.6. The van der Waals surface area contributed by atoms with Gasteiger partial charge < -0.3 is 15.3 Å². The number of phenols is 1. The molecule has 6 nitrogen and oxygen atoms in total. The Bertz CT molecular complexity index is 807. The third-order valence-electron chi connectivity index (χ3n) is 5.63. The van der Waals surface area contributed by atoms with Gasteiger partial charge in [-0.3, -0.25) is 4.68 Å². The van der Waals surface area contributed by atoms with Crippen LogP contribution in [0.2, 0.25) is 0 Å². The summed E-state index contributed by atoms with van der Waals surface area (Å²) in [6, 6.07) is 7.38. The number of nitrogens with zero attached hydrogens (tertiary/aromatic N) is 3. The molecule has 1 aliphatic rings. The van der Waals surface area contributed by atoms with Gasteiger partial charge in [0.05, 0.1) is 11.7 Å². The summed E-state index contributed by atoms with van der Waals surface area (Å²) in [5, 5.41) is 17.4. The van der Waals surface area contributed by atoms with Crippen molar-refractivity contribution in [2.24, 2.45) is 0 Å². The van der Waals surface area contributed by atoms with Crippen LogP contribution in [0.4, 0.5) is 4.79 Å². The molecule has 2 amide bonds. The van der Waals surface area contributed by atoms with Crippen LogP contribution in [0, 0.1) is 13.8 Å². The summed E-state index contributed by atoms with van der Waals surface area (Å²) in [7, 11) is 0. The zero-order valence-corrected chi connectivity index (χ0v) is 16.7. The monoisotopic (exact) mass is 370 g/mol. The molecule has 0 radical (unpaired) electrons. The number of likely N-dealkylation sites (tertiary alicyclic amines) is 1. The van der Waals surface area contributed by atoms with Crippen LogP contribution >= 0.6 is 0 Å². The van der Waals surface area contributed by atoms with Gasteiger partial charge in [0, 0.05) is 30.9 Å². The van der Waals surface area contributed by atoms with Gasteiger partial charge in [0.1, 0.15) is 5.75 Å². The van der Waals surface area contributed by atoms with Crippen LogP contribution < -0.4 is 5.32 Å². The van der Waals surface area contributed by atoms with Crippen LogP contribution in [0.1, 0.15) is 61.2 Å². The maximum Gasteiger partial charge on any atom is 0.317 e. The molecular weight excluding hydrogens is 340 g/mol. The van der Waals surface area contributed by atoms with Gasteiger partial charge in [-0.2, -0.15) is 5.10 Å². The van der Waals surface area contributed by atoms with Gasteiger partial charge in [-0.05, 0) is 64.2 Å². The summed E-state index contributed by atoms with van der Waals surface area (Å²) in [6.07, 6.45) is 1.83. The molecule has 1 atom stereocenters. The van der Waals surface area contributed by atoms with E-state index in [0.29, 0.717) is 11.7 Å². The Morgan fingerprint density at radius 2 is 2.04 bits per heavy atom. The molecule has 2 aromatic rings. The summed E-state index contributed by atoms with van der Waals surface area (Å²) in [6.45, 7) is 10.4. The van der Waals surface area contributed by atoms with Gasteiger partial charge in [0.15, 0.2) is 0 Å². The molecule has 1 aromatic heterocycles. The lowest BCUT2D eigenvalue weighted by Gasteiger charge is -2.33. The van der Waals surface area contributed by atoms with Gasteiger partial charge in [-0.25, -0.2) is 4.79 Å². The topological polar surface area (TPSA) is 70.4 Å². The van der Waals surface area contributed by atoms with E-state index < -0.39 is 0 Å². The van der Waals surface area contributed by atoms with Crippen molar-refractivity contribution in [1.29, 1.82) is 0 Å². The summed E-state index contributed by atoms with van der Waals surface area (Å²) in [5.74, 6) is 0.700. The lowest BCUT2D eigenvalue weighted by atomic mass is 9.89. The van der Waals surface area contributed by atoms with E-state index in [2.05, 4.69) is 30.3 Å². The number of aromatic nitrogens is 2. The number of hydrogen-bond donors (Lipinski definition) is 2. The molecule has 0 bridgehead atoms. The Hall–Kier alpha value is -2.50. The largest absolute Gasteiger partial charge is 0.508 e. The zero-order valence-electron chi connectivity index (χ0n) is 16.7. The fourth-order valence-electron chi connectivity index (χ4n) is 4.19. The van der Waals surface area contributed by atoms with Crippen molar-refractivity contribution in [3.63, 3.8) is 0 Å². The van der Waals surface area contributed by atoms with E-state index in [4.69, 9.17) is 0 Å². The first-order valence-electron chi connectivity index (χ1n) is 9.79. The molecule has 3 rings (SSSR count). The molecule has 0 spiro atoms. The van der Waals surface area contributed by atoms with Gasteiger partial charge in [0.2, 0.25) is 0 Å². The third kappa shape index (κ3) is 4.10. The second kappa shape index (κ2) is 8.03. The smallest absolute Gasteiger partial charge is 0.317 e. The molecule has 1 aromatic carbocycles. The number of aryl methyl sites for hydroxylation is 2. The number of urea groups is 1. The van der Waals surface area contributed by atoms with Crippen LogP contribution in [0.5, 0.6) is 5.75 Å². The Labute approximate surface area is 161 Å². The summed E-state index contributed by atoms with van der Waals surface area (Å²) in [5.41, 5.74) is 4.36. The van der Waals surface area contributed by atoms with Crippen LogP contribution in [-0.4, -0.2) is 38.9 Å². The summed E-state index contributed by atoms with van der Waals surface area (Å²) >= 11 is 0. The minimum atomic E-state index is -0.0680. The normalized spacial score (nSPS) is 16.4. The first kappa shape index (κ1) is 19.3. The highest BCUT2D eigenvalue weighted by Gasteiger charge is 2.26. The van der Waals surface area contributed by atoms with Crippen LogP contribution in [-0.2, 0) is 6.54 Å². The van der Waals surface area contributed by atoms with E-state index >= 15 is 0 Å². The van der Waals surface area contributed by atoms with Crippen molar-refractivity contribution < 1.29 is 9.90 Å². The lowest BCUT2D eigenvalue weighted by molar-refractivity contribution is 0.178. The van der Waals surface area contributed by atoms with Crippen molar-refractivity contribution in [2.75, 3.05) is 13.1 Å². The molecule has 0 aliphatic carbocycles. The number of rotatable bonds is 4. The van der Waals surface area contributed by atoms with E-state index in [0.717, 1.165) is 55.0 Å². The van der Waals surface area contributed by atoms with Crippen LogP contribution in [0.15, 0.2) is 24.3 Å². The molecule has 27 heavy (non-hydrogen) atoms. The Morgan fingerprint density at radius 1 is 1.33 bits per heavy atom. The van der Waals surface area contributed by atoms with Crippen molar-refractivity contribution in [1.82, 2.24) is 20.0 Å². The van der Waals surface area contributed by atoms with E-state index in [1.54, 1.807) is 6.07 Å². The van der Waals surface area contributed by atoms with Crippen molar-refractivity contribution in [2.45, 2.75) is 59.0 Å². The van der Waals surface area contributed by atoms with Crippen LogP contribution in [0.25, 0.3) is 0 Å². The van der Waals surface area contributed by atoms with Crippen LogP contribution in [0.3, 0.4) is 0 Å². The molecule has 2 heterocycles. The second-order valence-electron chi connectivity index (χ2n) is 7.43. The Kier molecular flexibility index (Phi) is 5.73. The molecule has 1 aliphatic heterocycles. The predicted molar refractivity (Wildman–Crippen MR) is 106 cm³/mol. The molecular formula is C21H30N4O2. The molecule has 1 fully saturated rings. The predicted octanol–water partition coefficient (Wildman–Crippen LogP) is 3.88. The number of carbonyl (C=O) groups excluding carboxylic acids is 1. The van der Waals surface area contributed by atoms with E-state index in [1.807, 2.05) is 35.6 Å². The molecule has 0 saturated carbocycles. The van der Waals surface area contributed by atoms with Crippen molar-refractivity contribution >= 4 is 6.03 Å². The highest BCUT2D eigenvalue weighted by molar-refractivity contribution is 5.75. The highest BCUT2D eigenvalue weighted by Crippen LogP contribution is 2.30. The van der Waals surface area contributed by atoms with E-state index in [1.165, 1.54) is 0 Å². The molecule has 6 heteroatoms. The average Bonchev–Trinajstić information content (AvgIpc) is 2.95. The minimum absolute atomic E-state index is 0.0140. The number of piperidine rings is 1. The van der Waals surface area contributed by atoms with Crippen molar-refractivity contribution in [3.8, 4) is 5.75 Å². The lowest BCUT2D eigenvalue weighted by Crippen LogP contribution is -2.45. The maximum absolute atomic E-state index is 12.7. The fourth-order valence-corrected chi connectivity index (χ4v) is 4.19. The number of carbonyl (C=O) groups is 1. The minimum Gasteiger partial charge on any atom is -0.508 e.